The Bertz CT molecular complexity index is 933. The van der Waals surface area contributed by atoms with Crippen LogP contribution in [0.4, 0.5) is 21.8 Å². The minimum Gasteiger partial charge on any atom is -0.366 e. The first-order valence-electron chi connectivity index (χ1n) is 7.49. The predicted molar refractivity (Wildman–Crippen MR) is 97.4 cm³/mol. The minimum atomic E-state index is -0.537. The van der Waals surface area contributed by atoms with Crippen LogP contribution < -0.4 is 10.6 Å². The van der Waals surface area contributed by atoms with E-state index in [4.69, 9.17) is 23.2 Å². The number of hydrogen-bond donors (Lipinski definition) is 2. The summed E-state index contributed by atoms with van der Waals surface area (Å²) in [5, 5.41) is 10.4. The van der Waals surface area contributed by atoms with Gasteiger partial charge in [0.1, 0.15) is 17.9 Å². The maximum absolute atomic E-state index is 13.6. The van der Waals surface area contributed by atoms with Crippen LogP contribution in [0, 0.1) is 5.82 Å². The molecule has 10 heteroatoms. The first kappa shape index (κ1) is 18.1. The molecule has 26 heavy (non-hydrogen) atoms. The first-order chi connectivity index (χ1) is 12.6. The summed E-state index contributed by atoms with van der Waals surface area (Å²) in [6.45, 7) is 0.364. The van der Waals surface area contributed by atoms with Crippen LogP contribution in [-0.2, 0) is 17.9 Å². The maximum Gasteiger partial charge on any atom is 0.229 e. The maximum atomic E-state index is 13.6. The second-order valence-corrected chi connectivity index (χ2v) is 5.97. The van der Waals surface area contributed by atoms with E-state index in [9.17, 15) is 9.18 Å². The average molecular weight is 395 g/mol. The van der Waals surface area contributed by atoms with Crippen molar-refractivity contribution in [3.8, 4) is 0 Å². The van der Waals surface area contributed by atoms with Crippen LogP contribution in [0.25, 0.3) is 0 Å². The summed E-state index contributed by atoms with van der Waals surface area (Å²) >= 11 is 12.0. The van der Waals surface area contributed by atoms with Crippen molar-refractivity contribution in [2.24, 2.45) is 0 Å². The Hall–Kier alpha value is -2.71. The van der Waals surface area contributed by atoms with Crippen molar-refractivity contribution in [2.75, 3.05) is 10.6 Å². The van der Waals surface area contributed by atoms with Gasteiger partial charge in [-0.25, -0.2) is 9.37 Å². The molecule has 3 rings (SSSR count). The SMILES string of the molecule is O=CCn1cc(Nc2nccc(NCc3c(Cl)ccc(F)c3Cl)n2)cn1. The standard InChI is InChI=1S/C16H13Cl2FN6O/c17-12-1-2-13(19)15(18)11(12)8-21-14-3-4-20-16(24-14)23-10-7-22-25(9-10)5-6-26/h1-4,6-7,9H,5,8H2,(H2,20,21,23,24). The molecule has 0 spiro atoms. The molecule has 0 atom stereocenters. The molecule has 1 aromatic carbocycles. The fraction of sp³-hybridized carbons (Fsp3) is 0.125. The Morgan fingerprint density at radius 2 is 2.12 bits per heavy atom. The van der Waals surface area contributed by atoms with E-state index in [1.54, 1.807) is 24.7 Å². The molecular weight excluding hydrogens is 382 g/mol. The molecule has 0 amide bonds. The summed E-state index contributed by atoms with van der Waals surface area (Å²) in [4.78, 5) is 18.9. The number of nitrogens with zero attached hydrogens (tertiary/aromatic N) is 4. The van der Waals surface area contributed by atoms with E-state index in [-0.39, 0.29) is 18.1 Å². The monoisotopic (exact) mass is 394 g/mol. The normalized spacial score (nSPS) is 10.6. The highest BCUT2D eigenvalue weighted by Gasteiger charge is 2.11. The molecule has 2 heterocycles. The predicted octanol–water partition coefficient (Wildman–Crippen LogP) is 3.67. The number of hydrogen-bond acceptors (Lipinski definition) is 6. The van der Waals surface area contributed by atoms with E-state index in [1.165, 1.54) is 16.8 Å². The lowest BCUT2D eigenvalue weighted by molar-refractivity contribution is -0.108. The van der Waals surface area contributed by atoms with Crippen molar-refractivity contribution in [1.82, 2.24) is 19.7 Å². The Labute approximate surface area is 158 Å². The van der Waals surface area contributed by atoms with Gasteiger partial charge in [0.15, 0.2) is 0 Å². The number of carbonyl (C=O) groups is 1. The lowest BCUT2D eigenvalue weighted by Gasteiger charge is -2.10. The van der Waals surface area contributed by atoms with Crippen LogP contribution in [-0.4, -0.2) is 26.0 Å². The number of nitrogens with one attached hydrogen (secondary N) is 2. The molecule has 0 aliphatic carbocycles. The number of aldehydes is 1. The van der Waals surface area contributed by atoms with Gasteiger partial charge >= 0.3 is 0 Å². The lowest BCUT2D eigenvalue weighted by Crippen LogP contribution is -2.05. The number of rotatable bonds is 7. The highest BCUT2D eigenvalue weighted by molar-refractivity contribution is 6.36. The smallest absolute Gasteiger partial charge is 0.229 e. The van der Waals surface area contributed by atoms with E-state index in [0.29, 0.717) is 28.0 Å². The van der Waals surface area contributed by atoms with Gasteiger partial charge in [0, 0.05) is 29.5 Å². The summed E-state index contributed by atoms with van der Waals surface area (Å²) in [7, 11) is 0. The molecule has 3 aromatic rings. The van der Waals surface area contributed by atoms with E-state index >= 15 is 0 Å². The molecule has 134 valence electrons. The second kappa shape index (κ2) is 8.11. The Kier molecular flexibility index (Phi) is 5.65. The van der Waals surface area contributed by atoms with Crippen LogP contribution >= 0.6 is 23.2 Å². The topological polar surface area (TPSA) is 84.7 Å². The van der Waals surface area contributed by atoms with Gasteiger partial charge in [0.05, 0.1) is 23.5 Å². The van der Waals surface area contributed by atoms with Crippen LogP contribution in [0.5, 0.6) is 0 Å². The molecular formula is C16H13Cl2FN6O. The Morgan fingerprint density at radius 1 is 1.27 bits per heavy atom. The molecule has 2 N–H and O–H groups in total. The molecule has 0 saturated carbocycles. The summed E-state index contributed by atoms with van der Waals surface area (Å²) < 4.78 is 15.0. The molecule has 0 saturated heterocycles. The highest BCUT2D eigenvalue weighted by Crippen LogP contribution is 2.28. The Balaban J connectivity index is 1.69. The van der Waals surface area contributed by atoms with Gasteiger partial charge in [-0.1, -0.05) is 23.2 Å². The largest absolute Gasteiger partial charge is 0.366 e. The van der Waals surface area contributed by atoms with Gasteiger partial charge in [-0.15, -0.1) is 0 Å². The number of anilines is 3. The lowest BCUT2D eigenvalue weighted by atomic mass is 10.2. The van der Waals surface area contributed by atoms with Gasteiger partial charge in [-0.3, -0.25) is 4.68 Å². The molecule has 0 aliphatic rings. The third kappa shape index (κ3) is 4.27. The molecule has 7 nitrogen and oxygen atoms in total. The summed E-state index contributed by atoms with van der Waals surface area (Å²) in [5.41, 5.74) is 1.08. The van der Waals surface area contributed by atoms with Crippen molar-refractivity contribution < 1.29 is 9.18 Å². The van der Waals surface area contributed by atoms with Crippen molar-refractivity contribution in [3.05, 3.63) is 58.2 Å². The molecule has 0 aliphatic heterocycles. The first-order valence-corrected chi connectivity index (χ1v) is 8.25. The number of carbonyl (C=O) groups excluding carboxylic acids is 1. The van der Waals surface area contributed by atoms with Crippen LogP contribution in [0.3, 0.4) is 0 Å². The molecule has 0 bridgehead atoms. The van der Waals surface area contributed by atoms with Gasteiger partial charge in [0.2, 0.25) is 5.95 Å². The molecule has 0 radical (unpaired) electrons. The highest BCUT2D eigenvalue weighted by atomic mass is 35.5. The molecule has 2 aromatic heterocycles. The summed E-state index contributed by atoms with van der Waals surface area (Å²) in [6, 6.07) is 4.32. The summed E-state index contributed by atoms with van der Waals surface area (Å²) in [5.74, 6) is 0.293. The third-order valence-electron chi connectivity index (χ3n) is 3.39. The fourth-order valence-electron chi connectivity index (χ4n) is 2.16. The molecule has 0 unspecified atom stereocenters. The Morgan fingerprint density at radius 3 is 2.92 bits per heavy atom. The zero-order valence-corrected chi connectivity index (χ0v) is 14.8. The van der Waals surface area contributed by atoms with Crippen molar-refractivity contribution in [1.29, 1.82) is 0 Å². The van der Waals surface area contributed by atoms with E-state index < -0.39 is 5.82 Å². The number of benzene rings is 1. The van der Waals surface area contributed by atoms with Crippen LogP contribution in [0.15, 0.2) is 36.8 Å². The van der Waals surface area contributed by atoms with Crippen LogP contribution in [0.2, 0.25) is 10.0 Å². The zero-order chi connectivity index (χ0) is 18.5. The van der Waals surface area contributed by atoms with Crippen molar-refractivity contribution >= 4 is 46.9 Å². The van der Waals surface area contributed by atoms with Crippen molar-refractivity contribution in [3.63, 3.8) is 0 Å². The average Bonchev–Trinajstić information content (AvgIpc) is 3.06. The summed E-state index contributed by atoms with van der Waals surface area (Å²) in [6.07, 6.45) is 5.52. The number of halogens is 3. The fourth-order valence-corrected chi connectivity index (χ4v) is 2.67. The van der Waals surface area contributed by atoms with Gasteiger partial charge in [-0.05, 0) is 18.2 Å². The van der Waals surface area contributed by atoms with Gasteiger partial charge in [-0.2, -0.15) is 10.1 Å². The van der Waals surface area contributed by atoms with E-state index in [2.05, 4.69) is 25.7 Å². The van der Waals surface area contributed by atoms with Crippen molar-refractivity contribution in [2.45, 2.75) is 13.1 Å². The van der Waals surface area contributed by atoms with Gasteiger partial charge in [0.25, 0.3) is 0 Å². The second-order valence-electron chi connectivity index (χ2n) is 5.18. The van der Waals surface area contributed by atoms with Gasteiger partial charge < -0.3 is 15.4 Å². The number of aromatic nitrogens is 4. The third-order valence-corrected chi connectivity index (χ3v) is 4.15. The zero-order valence-electron chi connectivity index (χ0n) is 13.3. The van der Waals surface area contributed by atoms with E-state index in [0.717, 1.165) is 6.29 Å². The van der Waals surface area contributed by atoms with E-state index in [1.807, 2.05) is 0 Å². The quantitative estimate of drug-likeness (QED) is 0.469. The molecule has 0 fully saturated rings. The van der Waals surface area contributed by atoms with Crippen LogP contribution in [0.1, 0.15) is 5.56 Å². The minimum absolute atomic E-state index is 0.0278.